The molecule has 8 nitrogen and oxygen atoms in total. The minimum absolute atomic E-state index is 0.110. The van der Waals surface area contributed by atoms with E-state index in [9.17, 15) is 14.7 Å². The van der Waals surface area contributed by atoms with Crippen molar-refractivity contribution >= 4 is 27.5 Å². The number of nitrogens with one attached hydrogen (secondary N) is 3. The number of aromatic hydroxyl groups is 1. The molecule has 2 heterocycles. The molecular weight excluding hydrogens is 346 g/mol. The van der Waals surface area contributed by atoms with Crippen molar-refractivity contribution in [1.82, 2.24) is 20.2 Å². The zero-order chi connectivity index (χ0) is 19.1. The molecule has 0 radical (unpaired) electrons. The van der Waals surface area contributed by atoms with Crippen LogP contribution >= 0.6 is 0 Å². The molecule has 2 aromatic heterocycles. The molecule has 0 unspecified atom stereocenters. The first-order chi connectivity index (χ1) is 13.0. The maximum atomic E-state index is 12.0. The molecule has 138 valence electrons. The lowest BCUT2D eigenvalue weighted by Gasteiger charge is -2.21. The number of hydrogen-bond donors (Lipinski definition) is 4. The van der Waals surface area contributed by atoms with Crippen molar-refractivity contribution in [1.29, 1.82) is 0 Å². The molecule has 8 heteroatoms. The Balaban J connectivity index is 1.86. The third kappa shape index (κ3) is 2.75. The summed E-state index contributed by atoms with van der Waals surface area (Å²) in [5.41, 5.74) is 1.87. The molecule has 0 aliphatic rings. The summed E-state index contributed by atoms with van der Waals surface area (Å²) in [6.07, 6.45) is 0. The maximum Gasteiger partial charge on any atom is 0.270 e. The van der Waals surface area contributed by atoms with Crippen molar-refractivity contribution in [3.8, 4) is 17.1 Å². The molecule has 0 aliphatic carbocycles. The van der Waals surface area contributed by atoms with Gasteiger partial charge in [0.05, 0.1) is 27.4 Å². The van der Waals surface area contributed by atoms with Gasteiger partial charge in [0.15, 0.2) is 0 Å². The highest BCUT2D eigenvalue weighted by atomic mass is 16.3. The Kier molecular flexibility index (Phi) is 3.95. The van der Waals surface area contributed by atoms with E-state index in [4.69, 9.17) is 0 Å². The summed E-state index contributed by atoms with van der Waals surface area (Å²) in [6.45, 7) is 5.80. The van der Waals surface area contributed by atoms with Crippen LogP contribution in [0.2, 0.25) is 0 Å². The number of nitrogens with zero attached hydrogens (tertiary/aromatic N) is 2. The molecular formula is C19H19N5O3. The van der Waals surface area contributed by atoms with E-state index in [1.807, 2.05) is 6.07 Å². The molecule has 0 aliphatic heterocycles. The molecule has 4 N–H and O–H groups in total. The van der Waals surface area contributed by atoms with Crippen LogP contribution in [0.1, 0.15) is 13.8 Å². The van der Waals surface area contributed by atoms with Crippen LogP contribution in [-0.4, -0.2) is 38.4 Å². The van der Waals surface area contributed by atoms with Gasteiger partial charge in [-0.15, -0.1) is 0 Å². The summed E-state index contributed by atoms with van der Waals surface area (Å²) in [6, 6.07) is 8.61. The van der Waals surface area contributed by atoms with Gasteiger partial charge in [0.2, 0.25) is 0 Å². The lowest BCUT2D eigenvalue weighted by molar-refractivity contribution is 0.477. The van der Waals surface area contributed by atoms with Gasteiger partial charge in [0.1, 0.15) is 11.6 Å². The number of phenols is 1. The lowest BCUT2D eigenvalue weighted by atomic mass is 10.1. The van der Waals surface area contributed by atoms with Gasteiger partial charge in [-0.3, -0.25) is 19.8 Å². The first kappa shape index (κ1) is 16.9. The Hall–Kier alpha value is -3.55. The van der Waals surface area contributed by atoms with E-state index in [1.165, 1.54) is 0 Å². The van der Waals surface area contributed by atoms with Gasteiger partial charge in [-0.2, -0.15) is 0 Å². The highest BCUT2D eigenvalue weighted by molar-refractivity contribution is 5.95. The van der Waals surface area contributed by atoms with Gasteiger partial charge >= 0.3 is 0 Å². The van der Waals surface area contributed by atoms with Crippen molar-refractivity contribution in [3.05, 3.63) is 51.0 Å². The first-order valence-electron chi connectivity index (χ1n) is 8.74. The van der Waals surface area contributed by atoms with Crippen LogP contribution in [0.25, 0.3) is 33.2 Å². The zero-order valence-electron chi connectivity index (χ0n) is 15.0. The highest BCUT2D eigenvalue weighted by Crippen LogP contribution is 2.32. The van der Waals surface area contributed by atoms with E-state index in [0.29, 0.717) is 22.4 Å². The van der Waals surface area contributed by atoms with E-state index in [-0.39, 0.29) is 27.6 Å². The van der Waals surface area contributed by atoms with Crippen LogP contribution in [0.5, 0.6) is 5.75 Å². The minimum Gasteiger partial charge on any atom is -0.507 e. The lowest BCUT2D eigenvalue weighted by Crippen LogP contribution is -2.21. The molecule has 0 amide bonds. The maximum absolute atomic E-state index is 12.0. The number of phenolic OH excluding ortho intramolecular Hbond substituents is 1. The van der Waals surface area contributed by atoms with Crippen LogP contribution in [0.15, 0.2) is 39.9 Å². The number of anilines is 1. The van der Waals surface area contributed by atoms with Gasteiger partial charge in [0.25, 0.3) is 11.1 Å². The molecule has 0 spiro atoms. The van der Waals surface area contributed by atoms with Gasteiger partial charge < -0.3 is 15.0 Å². The van der Waals surface area contributed by atoms with E-state index < -0.39 is 0 Å². The van der Waals surface area contributed by atoms with Crippen molar-refractivity contribution in [2.75, 3.05) is 18.0 Å². The minimum atomic E-state index is -0.387. The Labute approximate surface area is 153 Å². The third-order valence-electron chi connectivity index (χ3n) is 4.77. The number of hydrogen-bond acceptors (Lipinski definition) is 5. The van der Waals surface area contributed by atoms with Crippen LogP contribution in [-0.2, 0) is 0 Å². The van der Waals surface area contributed by atoms with Gasteiger partial charge in [-0.25, -0.2) is 4.98 Å². The average molecular weight is 365 g/mol. The fourth-order valence-electron chi connectivity index (χ4n) is 3.31. The quantitative estimate of drug-likeness (QED) is 0.443. The molecule has 0 fully saturated rings. The highest BCUT2D eigenvalue weighted by Gasteiger charge is 2.14. The van der Waals surface area contributed by atoms with E-state index in [0.717, 1.165) is 18.8 Å². The fraction of sp³-hybridized carbons (Fsp3) is 0.211. The van der Waals surface area contributed by atoms with Crippen molar-refractivity contribution in [2.24, 2.45) is 0 Å². The predicted molar refractivity (Wildman–Crippen MR) is 106 cm³/mol. The summed E-state index contributed by atoms with van der Waals surface area (Å²) in [5.74, 6) is 0.579. The summed E-state index contributed by atoms with van der Waals surface area (Å²) in [5, 5.41) is 15.7. The zero-order valence-corrected chi connectivity index (χ0v) is 15.0. The molecule has 2 aromatic carbocycles. The molecule has 0 atom stereocenters. The Morgan fingerprint density at radius 3 is 2.30 bits per heavy atom. The molecule has 4 rings (SSSR count). The normalized spacial score (nSPS) is 11.3. The summed E-state index contributed by atoms with van der Waals surface area (Å²) in [7, 11) is 0. The van der Waals surface area contributed by atoms with Crippen molar-refractivity contribution in [2.45, 2.75) is 13.8 Å². The van der Waals surface area contributed by atoms with E-state index in [1.54, 1.807) is 24.3 Å². The number of aromatic nitrogens is 4. The Bertz CT molecular complexity index is 1200. The number of rotatable bonds is 4. The van der Waals surface area contributed by atoms with Gasteiger partial charge in [0, 0.05) is 24.8 Å². The number of imidazole rings is 1. The smallest absolute Gasteiger partial charge is 0.270 e. The standard InChI is InChI=1S/C19H19N5O3/c1-3-24(4-2)10-5-6-11(16(25)7-10)17-20-14-8-12-13(9-15(14)21-17)19(27)23-22-18(12)26/h5-9,25H,3-4H2,1-2H3,(H,20,21)(H,22,26)(H,23,27). The summed E-state index contributed by atoms with van der Waals surface area (Å²) < 4.78 is 0. The second-order valence-electron chi connectivity index (χ2n) is 6.28. The SMILES string of the molecule is CCN(CC)c1ccc(-c2nc3cc4c(=O)[nH][nH]c(=O)c4cc3[nH]2)c(O)c1. The Morgan fingerprint density at radius 2 is 1.67 bits per heavy atom. The number of fused-ring (bicyclic) bond motifs is 2. The molecule has 0 saturated carbocycles. The number of benzene rings is 2. The third-order valence-corrected chi connectivity index (χ3v) is 4.77. The van der Waals surface area contributed by atoms with E-state index >= 15 is 0 Å². The van der Waals surface area contributed by atoms with Gasteiger partial charge in [-0.1, -0.05) is 0 Å². The van der Waals surface area contributed by atoms with Crippen LogP contribution in [0, 0.1) is 0 Å². The fourth-order valence-corrected chi connectivity index (χ4v) is 3.31. The first-order valence-corrected chi connectivity index (χ1v) is 8.74. The molecule has 0 bridgehead atoms. The molecule has 4 aromatic rings. The van der Waals surface area contributed by atoms with Crippen molar-refractivity contribution in [3.63, 3.8) is 0 Å². The van der Waals surface area contributed by atoms with Gasteiger partial charge in [-0.05, 0) is 38.1 Å². The molecule has 27 heavy (non-hydrogen) atoms. The number of aromatic amines is 3. The summed E-state index contributed by atoms with van der Waals surface area (Å²) in [4.78, 5) is 33.7. The Morgan fingerprint density at radius 1 is 1.00 bits per heavy atom. The number of H-pyrrole nitrogens is 3. The van der Waals surface area contributed by atoms with E-state index in [2.05, 4.69) is 38.9 Å². The van der Waals surface area contributed by atoms with Crippen molar-refractivity contribution < 1.29 is 5.11 Å². The molecule has 0 saturated heterocycles. The second-order valence-corrected chi connectivity index (χ2v) is 6.28. The topological polar surface area (TPSA) is 118 Å². The second kappa shape index (κ2) is 6.31. The monoisotopic (exact) mass is 365 g/mol. The largest absolute Gasteiger partial charge is 0.507 e. The van der Waals surface area contributed by atoms with Crippen LogP contribution < -0.4 is 16.0 Å². The average Bonchev–Trinajstić information content (AvgIpc) is 3.07. The van der Waals surface area contributed by atoms with Crippen LogP contribution in [0.3, 0.4) is 0 Å². The van der Waals surface area contributed by atoms with Crippen LogP contribution in [0.4, 0.5) is 5.69 Å². The summed E-state index contributed by atoms with van der Waals surface area (Å²) >= 11 is 0. The predicted octanol–water partition coefficient (Wildman–Crippen LogP) is 2.31.